The molecule has 0 atom stereocenters. The van der Waals surface area contributed by atoms with Gasteiger partial charge in [0.15, 0.2) is 11.5 Å². The summed E-state index contributed by atoms with van der Waals surface area (Å²) in [5, 5.41) is 1.19. The van der Waals surface area contributed by atoms with Gasteiger partial charge in [-0.15, -0.1) is 0 Å². The number of rotatable bonds is 6. The molecule has 1 aliphatic heterocycles. The van der Waals surface area contributed by atoms with Crippen LogP contribution in [0.5, 0.6) is 28.7 Å². The summed E-state index contributed by atoms with van der Waals surface area (Å²) in [5.41, 5.74) is 0.980. The van der Waals surface area contributed by atoms with Gasteiger partial charge in [0.05, 0.1) is 51.4 Å². The maximum Gasteiger partial charge on any atom is 0.342 e. The highest BCUT2D eigenvalue weighted by Gasteiger charge is 2.35. The first-order chi connectivity index (χ1) is 12.1. The Morgan fingerprint density at radius 3 is 2.16 bits per heavy atom. The summed E-state index contributed by atoms with van der Waals surface area (Å²) in [6, 6.07) is 1.69. The summed E-state index contributed by atoms with van der Waals surface area (Å²) < 4.78 is 33.2. The van der Waals surface area contributed by atoms with Crippen LogP contribution in [-0.2, 0) is 11.3 Å². The van der Waals surface area contributed by atoms with Crippen LogP contribution in [0.25, 0.3) is 10.8 Å². The average molecular weight is 348 g/mol. The third kappa shape index (κ3) is 2.38. The second-order valence-electron chi connectivity index (χ2n) is 5.29. The SMILES string of the molecule is CCOc1c2c(c(OC)c3c(OC)c(OC)cc(OC)c13)COC2=O. The van der Waals surface area contributed by atoms with Crippen LogP contribution in [0, 0.1) is 0 Å². The van der Waals surface area contributed by atoms with Crippen molar-refractivity contribution >= 4 is 16.7 Å². The molecule has 3 rings (SSSR count). The van der Waals surface area contributed by atoms with E-state index in [-0.39, 0.29) is 6.61 Å². The first kappa shape index (κ1) is 17.0. The number of hydrogen-bond acceptors (Lipinski definition) is 7. The molecular formula is C18H20O7. The third-order valence-corrected chi connectivity index (χ3v) is 4.15. The molecule has 0 aromatic heterocycles. The highest BCUT2D eigenvalue weighted by Crippen LogP contribution is 2.53. The molecule has 0 amide bonds. The normalized spacial score (nSPS) is 12.6. The molecule has 0 spiro atoms. The van der Waals surface area contributed by atoms with E-state index in [0.717, 1.165) is 0 Å². The van der Waals surface area contributed by atoms with E-state index < -0.39 is 5.97 Å². The van der Waals surface area contributed by atoms with Crippen LogP contribution in [0.3, 0.4) is 0 Å². The van der Waals surface area contributed by atoms with Crippen LogP contribution in [0.15, 0.2) is 6.07 Å². The van der Waals surface area contributed by atoms with E-state index >= 15 is 0 Å². The van der Waals surface area contributed by atoms with Gasteiger partial charge in [-0.3, -0.25) is 0 Å². The van der Waals surface area contributed by atoms with E-state index in [2.05, 4.69) is 0 Å². The first-order valence-corrected chi connectivity index (χ1v) is 7.78. The van der Waals surface area contributed by atoms with Gasteiger partial charge in [0, 0.05) is 6.07 Å². The molecule has 0 fully saturated rings. The lowest BCUT2D eigenvalue weighted by Crippen LogP contribution is -2.06. The molecule has 134 valence electrons. The molecule has 0 saturated carbocycles. The van der Waals surface area contributed by atoms with Crippen molar-refractivity contribution in [2.75, 3.05) is 35.0 Å². The van der Waals surface area contributed by atoms with Gasteiger partial charge in [0.2, 0.25) is 0 Å². The zero-order valence-corrected chi connectivity index (χ0v) is 14.8. The molecule has 2 aromatic rings. The predicted octanol–water partition coefficient (Wildman–Crippen LogP) is 2.94. The smallest absolute Gasteiger partial charge is 0.342 e. The number of cyclic esters (lactones) is 1. The number of benzene rings is 2. The van der Waals surface area contributed by atoms with E-state index in [4.69, 9.17) is 28.4 Å². The van der Waals surface area contributed by atoms with Gasteiger partial charge in [-0.25, -0.2) is 4.79 Å². The average Bonchev–Trinajstić information content (AvgIpc) is 3.01. The number of fused-ring (bicyclic) bond motifs is 2. The molecule has 0 bridgehead atoms. The summed E-state index contributed by atoms with van der Waals surface area (Å²) in [6.07, 6.45) is 0. The van der Waals surface area contributed by atoms with E-state index in [1.54, 1.807) is 20.3 Å². The van der Waals surface area contributed by atoms with Crippen LogP contribution in [0.2, 0.25) is 0 Å². The Morgan fingerprint density at radius 1 is 0.920 bits per heavy atom. The minimum Gasteiger partial charge on any atom is -0.496 e. The molecule has 2 aromatic carbocycles. The molecule has 1 heterocycles. The molecule has 0 unspecified atom stereocenters. The second-order valence-corrected chi connectivity index (χ2v) is 5.29. The van der Waals surface area contributed by atoms with Crippen molar-refractivity contribution in [2.45, 2.75) is 13.5 Å². The number of ether oxygens (including phenoxy) is 6. The quantitative estimate of drug-likeness (QED) is 0.743. The van der Waals surface area contributed by atoms with E-state index in [9.17, 15) is 4.79 Å². The van der Waals surface area contributed by atoms with Gasteiger partial charge in [-0.05, 0) is 6.92 Å². The van der Waals surface area contributed by atoms with Gasteiger partial charge in [0.1, 0.15) is 29.4 Å². The predicted molar refractivity (Wildman–Crippen MR) is 90.4 cm³/mol. The van der Waals surface area contributed by atoms with Gasteiger partial charge >= 0.3 is 5.97 Å². The van der Waals surface area contributed by atoms with Crippen LogP contribution >= 0.6 is 0 Å². The van der Waals surface area contributed by atoms with Crippen molar-refractivity contribution in [1.82, 2.24) is 0 Å². The number of hydrogen-bond donors (Lipinski definition) is 0. The maximum atomic E-state index is 12.3. The Kier molecular flexibility index (Phi) is 4.48. The fourth-order valence-electron chi connectivity index (χ4n) is 3.18. The third-order valence-electron chi connectivity index (χ3n) is 4.15. The minimum atomic E-state index is -0.449. The van der Waals surface area contributed by atoms with Gasteiger partial charge in [-0.1, -0.05) is 0 Å². The van der Waals surface area contributed by atoms with Gasteiger partial charge in [0.25, 0.3) is 0 Å². The van der Waals surface area contributed by atoms with Crippen molar-refractivity contribution in [3.8, 4) is 28.7 Å². The van der Waals surface area contributed by atoms with Crippen molar-refractivity contribution < 1.29 is 33.2 Å². The maximum absolute atomic E-state index is 12.3. The Balaban J connectivity index is 2.59. The Hall–Kier alpha value is -2.83. The molecule has 0 saturated heterocycles. The van der Waals surface area contributed by atoms with E-state index in [1.807, 2.05) is 6.92 Å². The highest BCUT2D eigenvalue weighted by molar-refractivity contribution is 6.12. The summed E-state index contributed by atoms with van der Waals surface area (Å²) in [6.45, 7) is 2.32. The molecule has 0 radical (unpaired) electrons. The Labute approximate surface area is 145 Å². The van der Waals surface area contributed by atoms with Crippen molar-refractivity contribution in [1.29, 1.82) is 0 Å². The van der Waals surface area contributed by atoms with Crippen LogP contribution < -0.4 is 23.7 Å². The Bertz CT molecular complexity index is 842. The fourth-order valence-corrected chi connectivity index (χ4v) is 3.18. The zero-order chi connectivity index (χ0) is 18.1. The number of esters is 1. The number of methoxy groups -OCH3 is 4. The van der Waals surface area contributed by atoms with Gasteiger partial charge in [-0.2, -0.15) is 0 Å². The zero-order valence-electron chi connectivity index (χ0n) is 14.8. The molecular weight excluding hydrogens is 328 g/mol. The molecule has 0 aliphatic carbocycles. The second kappa shape index (κ2) is 6.58. The fraction of sp³-hybridized carbons (Fsp3) is 0.389. The van der Waals surface area contributed by atoms with Gasteiger partial charge < -0.3 is 28.4 Å². The largest absolute Gasteiger partial charge is 0.496 e. The number of carbonyl (C=O) groups excluding carboxylic acids is 1. The minimum absolute atomic E-state index is 0.107. The number of carbonyl (C=O) groups is 1. The molecule has 25 heavy (non-hydrogen) atoms. The van der Waals surface area contributed by atoms with Crippen LogP contribution in [0.1, 0.15) is 22.8 Å². The molecule has 7 heteroatoms. The van der Waals surface area contributed by atoms with E-state index in [0.29, 0.717) is 57.3 Å². The summed E-state index contributed by atoms with van der Waals surface area (Å²) in [7, 11) is 6.15. The van der Waals surface area contributed by atoms with Crippen molar-refractivity contribution in [3.05, 3.63) is 17.2 Å². The molecule has 0 N–H and O–H groups in total. The summed E-state index contributed by atoms with van der Waals surface area (Å²) in [5.74, 6) is 1.87. The standard InChI is InChI=1S/C18H20O7/c1-6-24-17-12-9(8-25-18(12)19)15(22-4)14-13(17)10(20-2)7-11(21-3)16(14)23-5/h7H,6,8H2,1-5H3. The van der Waals surface area contributed by atoms with Crippen LogP contribution in [-0.4, -0.2) is 41.0 Å². The van der Waals surface area contributed by atoms with Crippen molar-refractivity contribution in [3.63, 3.8) is 0 Å². The topological polar surface area (TPSA) is 72.5 Å². The van der Waals surface area contributed by atoms with E-state index in [1.165, 1.54) is 14.2 Å². The lowest BCUT2D eigenvalue weighted by atomic mass is 9.97. The molecule has 1 aliphatic rings. The Morgan fingerprint density at radius 2 is 1.60 bits per heavy atom. The van der Waals surface area contributed by atoms with Crippen LogP contribution in [0.4, 0.5) is 0 Å². The lowest BCUT2D eigenvalue weighted by Gasteiger charge is -2.20. The monoisotopic (exact) mass is 348 g/mol. The van der Waals surface area contributed by atoms with Crippen molar-refractivity contribution in [2.24, 2.45) is 0 Å². The highest BCUT2D eigenvalue weighted by atomic mass is 16.5. The lowest BCUT2D eigenvalue weighted by molar-refractivity contribution is 0.0532. The summed E-state index contributed by atoms with van der Waals surface area (Å²) in [4.78, 5) is 12.3. The summed E-state index contributed by atoms with van der Waals surface area (Å²) >= 11 is 0. The molecule has 7 nitrogen and oxygen atoms in total. The first-order valence-electron chi connectivity index (χ1n) is 7.78.